The fraction of sp³-hybridized carbons (Fsp3) is 0.500. The van der Waals surface area contributed by atoms with Crippen LogP contribution in [0.2, 0.25) is 0 Å². The predicted octanol–water partition coefficient (Wildman–Crippen LogP) is 1.35. The Hall–Kier alpha value is -1.75. The van der Waals surface area contributed by atoms with E-state index in [-0.39, 0.29) is 18.9 Å². The molecule has 0 aliphatic rings. The van der Waals surface area contributed by atoms with E-state index in [2.05, 4.69) is 0 Å². The molecule has 0 saturated carbocycles. The molecule has 1 aromatic rings. The first-order valence-corrected chi connectivity index (χ1v) is 6.10. The van der Waals surface area contributed by atoms with E-state index in [0.29, 0.717) is 6.54 Å². The van der Waals surface area contributed by atoms with E-state index in [9.17, 15) is 4.79 Å². The lowest BCUT2D eigenvalue weighted by Crippen LogP contribution is -2.27. The highest BCUT2D eigenvalue weighted by atomic mass is 16.5. The average Bonchev–Trinajstić information content (AvgIpc) is 2.39. The highest BCUT2D eigenvalue weighted by molar-refractivity contribution is 5.76. The van der Waals surface area contributed by atoms with Gasteiger partial charge in [0, 0.05) is 31.1 Å². The van der Waals surface area contributed by atoms with Crippen LogP contribution in [0.4, 0.5) is 0 Å². The number of nitrogens with zero attached hydrogens (tertiary/aromatic N) is 1. The third kappa shape index (κ3) is 3.61. The van der Waals surface area contributed by atoms with Gasteiger partial charge in [0.2, 0.25) is 5.91 Å². The summed E-state index contributed by atoms with van der Waals surface area (Å²) in [5.41, 5.74) is 1.82. The molecule has 1 N–H and O–H groups in total. The Morgan fingerprint density at radius 2 is 2.00 bits per heavy atom. The number of benzene rings is 1. The van der Waals surface area contributed by atoms with Crippen LogP contribution in [0, 0.1) is 6.92 Å². The highest BCUT2D eigenvalue weighted by Crippen LogP contribution is 2.31. The molecular formula is C14H21NO4. The largest absolute Gasteiger partial charge is 0.496 e. The molecule has 0 radical (unpaired) electrons. The maximum atomic E-state index is 11.7. The van der Waals surface area contributed by atoms with Crippen molar-refractivity contribution in [3.05, 3.63) is 23.3 Å². The molecule has 0 atom stereocenters. The van der Waals surface area contributed by atoms with Crippen LogP contribution in [-0.2, 0) is 11.3 Å². The zero-order chi connectivity index (χ0) is 14.4. The normalized spacial score (nSPS) is 10.2. The zero-order valence-corrected chi connectivity index (χ0v) is 11.9. The van der Waals surface area contributed by atoms with Crippen LogP contribution in [0.25, 0.3) is 0 Å². The molecule has 1 rings (SSSR count). The second-order valence-corrected chi connectivity index (χ2v) is 4.31. The summed E-state index contributed by atoms with van der Waals surface area (Å²) in [5, 5.41) is 8.78. The molecular weight excluding hydrogens is 246 g/mol. The van der Waals surface area contributed by atoms with Gasteiger partial charge in [0.1, 0.15) is 11.5 Å². The van der Waals surface area contributed by atoms with Gasteiger partial charge in [-0.25, -0.2) is 0 Å². The summed E-state index contributed by atoms with van der Waals surface area (Å²) in [7, 11) is 4.91. The van der Waals surface area contributed by atoms with Gasteiger partial charge in [-0.15, -0.1) is 0 Å². The van der Waals surface area contributed by atoms with E-state index in [1.54, 1.807) is 26.2 Å². The van der Waals surface area contributed by atoms with Crippen LogP contribution in [-0.4, -0.2) is 43.8 Å². The third-order valence-electron chi connectivity index (χ3n) is 3.02. The minimum atomic E-state index is -0.137. The van der Waals surface area contributed by atoms with E-state index in [1.807, 2.05) is 19.1 Å². The molecule has 0 aliphatic carbocycles. The van der Waals surface area contributed by atoms with E-state index in [1.165, 1.54) is 0 Å². The summed E-state index contributed by atoms with van der Waals surface area (Å²) in [5.74, 6) is 1.38. The topological polar surface area (TPSA) is 59.0 Å². The Balaban J connectivity index is 2.95. The Kier molecular flexibility index (Phi) is 5.63. The van der Waals surface area contributed by atoms with Gasteiger partial charge in [-0.3, -0.25) is 4.79 Å². The summed E-state index contributed by atoms with van der Waals surface area (Å²) in [6, 6.07) is 3.74. The van der Waals surface area contributed by atoms with E-state index in [0.717, 1.165) is 22.6 Å². The van der Waals surface area contributed by atoms with Gasteiger partial charge >= 0.3 is 0 Å². The van der Waals surface area contributed by atoms with Gasteiger partial charge in [0.15, 0.2) is 0 Å². The maximum absolute atomic E-state index is 11.7. The monoisotopic (exact) mass is 267 g/mol. The summed E-state index contributed by atoms with van der Waals surface area (Å²) >= 11 is 0. The summed E-state index contributed by atoms with van der Waals surface area (Å²) in [4.78, 5) is 13.2. The molecule has 0 aromatic heterocycles. The van der Waals surface area contributed by atoms with Gasteiger partial charge < -0.3 is 19.5 Å². The van der Waals surface area contributed by atoms with Crippen molar-refractivity contribution in [1.82, 2.24) is 4.90 Å². The SMILES string of the molecule is COc1ccc(CN(C)C(=O)CCO)c(OC)c1C. The summed E-state index contributed by atoms with van der Waals surface area (Å²) in [6.07, 6.45) is 0.133. The molecule has 19 heavy (non-hydrogen) atoms. The van der Waals surface area contributed by atoms with Crippen LogP contribution in [0.1, 0.15) is 17.5 Å². The van der Waals surface area contributed by atoms with Crippen molar-refractivity contribution in [2.45, 2.75) is 19.9 Å². The molecule has 0 heterocycles. The first-order chi connectivity index (χ1) is 9.04. The maximum Gasteiger partial charge on any atom is 0.224 e. The molecule has 0 unspecified atom stereocenters. The number of rotatable bonds is 6. The molecule has 0 spiro atoms. The fourth-order valence-electron chi connectivity index (χ4n) is 1.99. The van der Waals surface area contributed by atoms with Gasteiger partial charge in [-0.1, -0.05) is 0 Å². The van der Waals surface area contributed by atoms with Crippen molar-refractivity contribution in [2.75, 3.05) is 27.9 Å². The summed E-state index contributed by atoms with van der Waals surface area (Å²) < 4.78 is 10.6. The molecule has 0 aliphatic heterocycles. The number of hydrogen-bond acceptors (Lipinski definition) is 4. The lowest BCUT2D eigenvalue weighted by Gasteiger charge is -2.20. The van der Waals surface area contributed by atoms with Crippen molar-refractivity contribution in [3.63, 3.8) is 0 Å². The predicted molar refractivity (Wildman–Crippen MR) is 72.5 cm³/mol. The third-order valence-corrected chi connectivity index (χ3v) is 3.02. The van der Waals surface area contributed by atoms with Crippen molar-refractivity contribution in [1.29, 1.82) is 0 Å². The molecule has 0 saturated heterocycles. The number of aliphatic hydroxyl groups excluding tert-OH is 1. The zero-order valence-electron chi connectivity index (χ0n) is 11.9. The van der Waals surface area contributed by atoms with Crippen molar-refractivity contribution >= 4 is 5.91 Å². The lowest BCUT2D eigenvalue weighted by molar-refractivity contribution is -0.131. The van der Waals surface area contributed by atoms with E-state index >= 15 is 0 Å². The van der Waals surface area contributed by atoms with Gasteiger partial charge in [-0.2, -0.15) is 0 Å². The van der Waals surface area contributed by atoms with Crippen molar-refractivity contribution in [2.24, 2.45) is 0 Å². The fourth-order valence-corrected chi connectivity index (χ4v) is 1.99. The van der Waals surface area contributed by atoms with E-state index < -0.39 is 0 Å². The highest BCUT2D eigenvalue weighted by Gasteiger charge is 2.15. The minimum absolute atomic E-state index is 0.0991. The quantitative estimate of drug-likeness (QED) is 0.845. The Bertz CT molecular complexity index is 445. The number of hydrogen-bond donors (Lipinski definition) is 1. The van der Waals surface area contributed by atoms with Crippen LogP contribution in [0.15, 0.2) is 12.1 Å². The number of amides is 1. The number of ether oxygens (including phenoxy) is 2. The first kappa shape index (κ1) is 15.3. The minimum Gasteiger partial charge on any atom is -0.496 e. The Labute approximate surface area is 113 Å². The number of carbonyl (C=O) groups is 1. The van der Waals surface area contributed by atoms with Gasteiger partial charge in [0.25, 0.3) is 0 Å². The number of aliphatic hydroxyl groups is 1. The molecule has 1 aromatic carbocycles. The Morgan fingerprint density at radius 3 is 2.53 bits per heavy atom. The summed E-state index contributed by atoms with van der Waals surface area (Å²) in [6.45, 7) is 2.21. The number of methoxy groups -OCH3 is 2. The van der Waals surface area contributed by atoms with Crippen molar-refractivity contribution < 1.29 is 19.4 Å². The molecule has 106 valence electrons. The smallest absolute Gasteiger partial charge is 0.224 e. The Morgan fingerprint density at radius 1 is 1.32 bits per heavy atom. The van der Waals surface area contributed by atoms with Crippen molar-refractivity contribution in [3.8, 4) is 11.5 Å². The molecule has 0 bridgehead atoms. The van der Waals surface area contributed by atoms with Crippen LogP contribution in [0.5, 0.6) is 11.5 Å². The van der Waals surface area contributed by atoms with Crippen LogP contribution >= 0.6 is 0 Å². The molecule has 5 nitrogen and oxygen atoms in total. The standard InChI is InChI=1S/C14H21NO4/c1-10-12(18-3)6-5-11(14(10)19-4)9-15(2)13(17)7-8-16/h5-6,16H,7-9H2,1-4H3. The van der Waals surface area contributed by atoms with Gasteiger partial charge in [0.05, 0.1) is 20.8 Å². The second kappa shape index (κ2) is 6.99. The van der Waals surface area contributed by atoms with Crippen LogP contribution < -0.4 is 9.47 Å². The molecule has 1 amide bonds. The molecule has 5 heteroatoms. The second-order valence-electron chi connectivity index (χ2n) is 4.31. The van der Waals surface area contributed by atoms with E-state index in [4.69, 9.17) is 14.6 Å². The average molecular weight is 267 g/mol. The lowest BCUT2D eigenvalue weighted by atomic mass is 10.1. The van der Waals surface area contributed by atoms with Crippen LogP contribution in [0.3, 0.4) is 0 Å². The van der Waals surface area contributed by atoms with Gasteiger partial charge in [-0.05, 0) is 19.1 Å². The molecule has 0 fully saturated rings. The number of carbonyl (C=O) groups excluding carboxylic acids is 1. The first-order valence-electron chi connectivity index (χ1n) is 6.10.